The van der Waals surface area contributed by atoms with E-state index in [0.717, 1.165) is 4.47 Å². The zero-order chi connectivity index (χ0) is 21.3. The fourth-order valence-electron chi connectivity index (χ4n) is 3.73. The van der Waals surface area contributed by atoms with Gasteiger partial charge in [0.15, 0.2) is 12.4 Å². The number of esters is 1. The molecule has 1 heterocycles. The van der Waals surface area contributed by atoms with Crippen molar-refractivity contribution >= 4 is 45.2 Å². The number of hydrogen-bond donors (Lipinski definition) is 0. The number of benzene rings is 2. The van der Waals surface area contributed by atoms with Crippen LogP contribution in [0.25, 0.3) is 0 Å². The van der Waals surface area contributed by atoms with Crippen molar-refractivity contribution < 1.29 is 23.9 Å². The molecule has 1 saturated heterocycles. The molecule has 0 saturated carbocycles. The summed E-state index contributed by atoms with van der Waals surface area (Å²) >= 11 is 3.30. The number of carbonyl (C=O) groups is 4. The van der Waals surface area contributed by atoms with Gasteiger partial charge >= 0.3 is 5.97 Å². The van der Waals surface area contributed by atoms with Crippen LogP contribution in [-0.4, -0.2) is 30.2 Å². The van der Waals surface area contributed by atoms with Gasteiger partial charge in [0.1, 0.15) is 0 Å². The molecular weight excluding hydrogens is 450 g/mol. The second-order valence-electron chi connectivity index (χ2n) is 7.22. The van der Waals surface area contributed by atoms with E-state index < -0.39 is 5.97 Å². The molecule has 6 nitrogen and oxygen atoms in total. The van der Waals surface area contributed by atoms with Crippen molar-refractivity contribution in [3.63, 3.8) is 0 Å². The summed E-state index contributed by atoms with van der Waals surface area (Å²) < 4.78 is 5.95. The van der Waals surface area contributed by atoms with Gasteiger partial charge in [-0.05, 0) is 49.2 Å². The van der Waals surface area contributed by atoms with Crippen molar-refractivity contribution in [2.45, 2.75) is 12.8 Å². The minimum atomic E-state index is -0.649. The number of rotatable bonds is 5. The number of allylic oxidation sites excluding steroid dienone is 2. The molecule has 1 aliphatic heterocycles. The first-order valence-electron chi connectivity index (χ1n) is 9.54. The van der Waals surface area contributed by atoms with Crippen LogP contribution in [0.5, 0.6) is 0 Å². The van der Waals surface area contributed by atoms with Gasteiger partial charge in [-0.15, -0.1) is 0 Å². The standard InChI is InChI=1S/C23H18BrNO5/c24-16-9-5-14(6-10-16)20(26)13-30-23(29)15-7-11-17(12-8-15)25-21(27)18-3-1-2-4-19(18)22(25)28/h1-2,5-12,18-19H,3-4,13H2/t18-,19+. The SMILES string of the molecule is O=C(COC(=O)c1ccc(N2C(=O)[C@H]3CC=CC[C@H]3C2=O)cc1)c1ccc(Br)cc1. The van der Waals surface area contributed by atoms with Crippen LogP contribution < -0.4 is 4.90 Å². The predicted octanol–water partition coefficient (Wildman–Crippen LogP) is 3.94. The van der Waals surface area contributed by atoms with E-state index in [0.29, 0.717) is 24.1 Å². The topological polar surface area (TPSA) is 80.8 Å². The maximum absolute atomic E-state index is 12.6. The molecule has 0 unspecified atom stereocenters. The lowest BCUT2D eigenvalue weighted by molar-refractivity contribution is -0.122. The second kappa shape index (κ2) is 8.36. The molecule has 2 aliphatic rings. The van der Waals surface area contributed by atoms with Gasteiger partial charge in [-0.2, -0.15) is 0 Å². The summed E-state index contributed by atoms with van der Waals surface area (Å²) in [6.07, 6.45) is 5.01. The first-order chi connectivity index (χ1) is 14.5. The summed E-state index contributed by atoms with van der Waals surface area (Å²) in [6, 6.07) is 12.8. The van der Waals surface area contributed by atoms with Crippen LogP contribution in [0.4, 0.5) is 5.69 Å². The monoisotopic (exact) mass is 467 g/mol. The molecule has 0 radical (unpaired) electrons. The number of imide groups is 1. The third-order valence-electron chi connectivity index (χ3n) is 5.37. The Balaban J connectivity index is 1.40. The molecule has 4 rings (SSSR count). The first-order valence-corrected chi connectivity index (χ1v) is 10.3. The van der Waals surface area contributed by atoms with Gasteiger partial charge in [0.2, 0.25) is 11.8 Å². The fourth-order valence-corrected chi connectivity index (χ4v) is 4.00. The lowest BCUT2D eigenvalue weighted by Gasteiger charge is -2.15. The van der Waals surface area contributed by atoms with E-state index in [1.807, 2.05) is 12.2 Å². The highest BCUT2D eigenvalue weighted by Crippen LogP contribution is 2.37. The summed E-state index contributed by atoms with van der Waals surface area (Å²) in [5.74, 6) is -1.98. The van der Waals surface area contributed by atoms with E-state index >= 15 is 0 Å². The number of anilines is 1. The highest BCUT2D eigenvalue weighted by Gasteiger charge is 2.47. The number of hydrogen-bond acceptors (Lipinski definition) is 5. The van der Waals surface area contributed by atoms with Crippen molar-refractivity contribution in [3.05, 3.63) is 76.3 Å². The molecule has 0 N–H and O–H groups in total. The number of amides is 2. The quantitative estimate of drug-likeness (QED) is 0.288. The molecule has 2 amide bonds. The van der Waals surface area contributed by atoms with Crippen molar-refractivity contribution in [2.75, 3.05) is 11.5 Å². The van der Waals surface area contributed by atoms with Crippen LogP contribution in [0.1, 0.15) is 33.6 Å². The van der Waals surface area contributed by atoms with Crippen LogP contribution in [0.2, 0.25) is 0 Å². The van der Waals surface area contributed by atoms with Crippen molar-refractivity contribution in [2.24, 2.45) is 11.8 Å². The molecule has 1 aliphatic carbocycles. The summed E-state index contributed by atoms with van der Waals surface area (Å²) in [6.45, 7) is -0.373. The Kier molecular flexibility index (Phi) is 5.63. The lowest BCUT2D eigenvalue weighted by Crippen LogP contribution is -2.30. The van der Waals surface area contributed by atoms with Gasteiger partial charge in [-0.1, -0.05) is 40.2 Å². The summed E-state index contributed by atoms with van der Waals surface area (Å²) in [4.78, 5) is 50.9. The van der Waals surface area contributed by atoms with Crippen molar-refractivity contribution in [1.82, 2.24) is 0 Å². The number of nitrogens with zero attached hydrogens (tertiary/aromatic N) is 1. The number of fused-ring (bicyclic) bond motifs is 1. The minimum Gasteiger partial charge on any atom is -0.454 e. The van der Waals surface area contributed by atoms with E-state index in [1.54, 1.807) is 36.4 Å². The minimum absolute atomic E-state index is 0.204. The van der Waals surface area contributed by atoms with E-state index in [2.05, 4.69) is 15.9 Å². The number of ether oxygens (including phenoxy) is 1. The Bertz CT molecular complexity index is 1020. The summed E-state index contributed by atoms with van der Waals surface area (Å²) in [7, 11) is 0. The first kappa shape index (κ1) is 20.2. The number of carbonyl (C=O) groups excluding carboxylic acids is 4. The molecule has 0 spiro atoms. The van der Waals surface area contributed by atoms with Gasteiger partial charge in [-0.3, -0.25) is 19.3 Å². The Labute approximate surface area is 181 Å². The Morgan fingerprint density at radius 1 is 0.867 bits per heavy atom. The summed E-state index contributed by atoms with van der Waals surface area (Å²) in [5, 5.41) is 0. The predicted molar refractivity (Wildman–Crippen MR) is 113 cm³/mol. The number of Topliss-reactive ketones (excluding diaryl/α,β-unsaturated/α-hetero) is 1. The van der Waals surface area contributed by atoms with Crippen LogP contribution in [0.15, 0.2) is 65.2 Å². The molecule has 0 aromatic heterocycles. The lowest BCUT2D eigenvalue weighted by atomic mass is 9.85. The Morgan fingerprint density at radius 2 is 1.40 bits per heavy atom. The largest absolute Gasteiger partial charge is 0.454 e. The number of halogens is 1. The molecule has 1 fully saturated rings. The maximum atomic E-state index is 12.6. The average Bonchev–Trinajstić information content (AvgIpc) is 3.03. The second-order valence-corrected chi connectivity index (χ2v) is 8.14. The zero-order valence-corrected chi connectivity index (χ0v) is 17.5. The molecule has 2 aromatic carbocycles. The molecule has 2 aromatic rings. The van der Waals surface area contributed by atoms with Crippen LogP contribution in [0, 0.1) is 11.8 Å². The molecule has 7 heteroatoms. The molecule has 2 atom stereocenters. The van der Waals surface area contributed by atoms with Gasteiger partial charge in [0.05, 0.1) is 23.1 Å². The van der Waals surface area contributed by atoms with Crippen LogP contribution in [-0.2, 0) is 14.3 Å². The molecule has 30 heavy (non-hydrogen) atoms. The average molecular weight is 468 g/mol. The fraction of sp³-hybridized carbons (Fsp3) is 0.217. The van der Waals surface area contributed by atoms with Crippen LogP contribution >= 0.6 is 15.9 Å². The van der Waals surface area contributed by atoms with E-state index in [9.17, 15) is 19.2 Å². The van der Waals surface area contributed by atoms with E-state index in [-0.39, 0.29) is 41.6 Å². The highest BCUT2D eigenvalue weighted by molar-refractivity contribution is 9.10. The van der Waals surface area contributed by atoms with Crippen LogP contribution in [0.3, 0.4) is 0 Å². The highest BCUT2D eigenvalue weighted by atomic mass is 79.9. The van der Waals surface area contributed by atoms with Gasteiger partial charge in [-0.25, -0.2) is 4.79 Å². The normalized spacial score (nSPS) is 20.2. The summed E-state index contributed by atoms with van der Waals surface area (Å²) in [5.41, 5.74) is 1.12. The number of ketones is 1. The maximum Gasteiger partial charge on any atom is 0.338 e. The van der Waals surface area contributed by atoms with Gasteiger partial charge in [0.25, 0.3) is 0 Å². The molecule has 152 valence electrons. The molecular formula is C23H18BrNO5. The third-order valence-corrected chi connectivity index (χ3v) is 5.90. The van der Waals surface area contributed by atoms with Crippen molar-refractivity contribution in [1.29, 1.82) is 0 Å². The van der Waals surface area contributed by atoms with Gasteiger partial charge < -0.3 is 4.74 Å². The third kappa shape index (κ3) is 3.85. The van der Waals surface area contributed by atoms with Crippen molar-refractivity contribution in [3.8, 4) is 0 Å². The Morgan fingerprint density at radius 3 is 1.97 bits per heavy atom. The van der Waals surface area contributed by atoms with E-state index in [1.165, 1.54) is 17.0 Å². The smallest absolute Gasteiger partial charge is 0.338 e. The molecule has 0 bridgehead atoms. The van der Waals surface area contributed by atoms with Gasteiger partial charge in [0, 0.05) is 10.0 Å². The zero-order valence-electron chi connectivity index (χ0n) is 15.9. The Hall–Kier alpha value is -3.06. The van der Waals surface area contributed by atoms with E-state index in [4.69, 9.17) is 4.74 Å².